The molecule has 0 fully saturated rings. The lowest BCUT2D eigenvalue weighted by Crippen LogP contribution is -2.12. The quantitative estimate of drug-likeness (QED) is 0.572. The molecule has 28 heavy (non-hydrogen) atoms. The van der Waals surface area contributed by atoms with Gasteiger partial charge in [0, 0.05) is 47.7 Å². The van der Waals surface area contributed by atoms with Crippen LogP contribution in [0, 0.1) is 11.3 Å². The molecule has 9 nitrogen and oxygen atoms in total. The molecule has 0 unspecified atom stereocenters. The minimum absolute atomic E-state index is 0.223. The van der Waals surface area contributed by atoms with E-state index in [-0.39, 0.29) is 6.04 Å². The van der Waals surface area contributed by atoms with Gasteiger partial charge in [0.15, 0.2) is 11.5 Å². The molecule has 0 saturated carbocycles. The van der Waals surface area contributed by atoms with Gasteiger partial charge in [-0.05, 0) is 26.8 Å². The van der Waals surface area contributed by atoms with Gasteiger partial charge in [0.25, 0.3) is 0 Å². The molecular formula is C19H19N9. The predicted octanol–water partition coefficient (Wildman–Crippen LogP) is 2.79. The Morgan fingerprint density at radius 3 is 2.75 bits per heavy atom. The highest BCUT2D eigenvalue weighted by Gasteiger charge is 2.15. The van der Waals surface area contributed by atoms with E-state index in [1.54, 1.807) is 27.8 Å². The third-order valence-electron chi connectivity index (χ3n) is 4.23. The van der Waals surface area contributed by atoms with Crippen LogP contribution < -0.4 is 5.32 Å². The highest BCUT2D eigenvalue weighted by atomic mass is 15.4. The number of nitrogens with zero attached hydrogens (tertiary/aromatic N) is 8. The second-order valence-corrected chi connectivity index (χ2v) is 6.65. The van der Waals surface area contributed by atoms with Crippen molar-refractivity contribution in [2.45, 2.75) is 33.4 Å². The van der Waals surface area contributed by atoms with Gasteiger partial charge in [0.2, 0.25) is 0 Å². The molecule has 0 amide bonds. The topological polar surface area (TPSA) is 110 Å². The first-order chi connectivity index (χ1) is 13.6. The van der Waals surface area contributed by atoms with Crippen LogP contribution in [0.5, 0.6) is 0 Å². The lowest BCUT2D eigenvalue weighted by atomic mass is 10.1. The van der Waals surface area contributed by atoms with Gasteiger partial charge in [0.05, 0.1) is 18.0 Å². The van der Waals surface area contributed by atoms with Crippen LogP contribution in [0.2, 0.25) is 0 Å². The van der Waals surface area contributed by atoms with E-state index < -0.39 is 0 Å². The number of aromatic nitrogens is 7. The van der Waals surface area contributed by atoms with E-state index in [9.17, 15) is 0 Å². The normalized spacial score (nSPS) is 11.1. The van der Waals surface area contributed by atoms with E-state index in [1.807, 2.05) is 19.2 Å². The van der Waals surface area contributed by atoms with E-state index in [1.165, 1.54) is 6.20 Å². The number of rotatable bonds is 5. The van der Waals surface area contributed by atoms with Crippen LogP contribution in [0.15, 0.2) is 36.9 Å². The predicted molar refractivity (Wildman–Crippen MR) is 105 cm³/mol. The molecule has 4 aromatic heterocycles. The Hall–Kier alpha value is -3.80. The van der Waals surface area contributed by atoms with Gasteiger partial charge in [-0.2, -0.15) is 15.0 Å². The zero-order chi connectivity index (χ0) is 19.7. The second-order valence-electron chi connectivity index (χ2n) is 6.65. The van der Waals surface area contributed by atoms with Crippen molar-refractivity contribution in [3.63, 3.8) is 0 Å². The minimum atomic E-state index is 0.223. The molecule has 0 bridgehead atoms. The molecule has 0 aliphatic rings. The number of pyridine rings is 2. The SMILES string of the molecule is CCn1cc(-c2cnc(-n3ncc4cc(C#N)cnc43)cc2NC(C)C)nn1. The van der Waals surface area contributed by atoms with Gasteiger partial charge in [-0.1, -0.05) is 5.21 Å². The summed E-state index contributed by atoms with van der Waals surface area (Å²) in [5.41, 5.74) is 3.66. The van der Waals surface area contributed by atoms with Crippen molar-refractivity contribution >= 4 is 16.7 Å². The van der Waals surface area contributed by atoms with Crippen LogP contribution in [0.25, 0.3) is 28.1 Å². The number of hydrogen-bond acceptors (Lipinski definition) is 7. The average Bonchev–Trinajstić information content (AvgIpc) is 3.33. The summed E-state index contributed by atoms with van der Waals surface area (Å²) in [6, 6.07) is 6.00. The standard InChI is InChI=1S/C19H19N9/c1-4-27-11-17(25-26-27)15-10-21-18(6-16(15)24-12(2)3)28-19-14(9-23-28)5-13(7-20)8-22-19/h5-6,8-12H,4H2,1-3H3,(H,21,24). The Kier molecular flexibility index (Phi) is 4.45. The smallest absolute Gasteiger partial charge is 0.164 e. The molecule has 0 aliphatic carbocycles. The van der Waals surface area contributed by atoms with Crippen molar-refractivity contribution in [1.29, 1.82) is 5.26 Å². The third-order valence-corrected chi connectivity index (χ3v) is 4.23. The molecule has 4 heterocycles. The van der Waals surface area contributed by atoms with Gasteiger partial charge < -0.3 is 5.32 Å². The zero-order valence-electron chi connectivity index (χ0n) is 15.8. The summed E-state index contributed by atoms with van der Waals surface area (Å²) in [5.74, 6) is 0.627. The molecule has 0 atom stereocenters. The van der Waals surface area contributed by atoms with Gasteiger partial charge >= 0.3 is 0 Å². The molecule has 0 saturated heterocycles. The van der Waals surface area contributed by atoms with Crippen molar-refractivity contribution in [2.24, 2.45) is 0 Å². The molecule has 9 heteroatoms. The molecule has 0 spiro atoms. The zero-order valence-corrected chi connectivity index (χ0v) is 15.8. The van der Waals surface area contributed by atoms with Crippen LogP contribution >= 0.6 is 0 Å². The molecule has 140 valence electrons. The fourth-order valence-electron chi connectivity index (χ4n) is 2.92. The average molecular weight is 373 g/mol. The number of anilines is 1. The number of hydrogen-bond donors (Lipinski definition) is 1. The summed E-state index contributed by atoms with van der Waals surface area (Å²) < 4.78 is 3.44. The summed E-state index contributed by atoms with van der Waals surface area (Å²) in [5, 5.41) is 26.1. The third kappa shape index (κ3) is 3.16. The van der Waals surface area contributed by atoms with Gasteiger partial charge in [-0.15, -0.1) is 5.10 Å². The van der Waals surface area contributed by atoms with Crippen molar-refractivity contribution < 1.29 is 0 Å². The van der Waals surface area contributed by atoms with E-state index in [0.29, 0.717) is 17.0 Å². The number of nitrogens with one attached hydrogen (secondary N) is 1. The molecule has 0 radical (unpaired) electrons. The number of nitriles is 1. The molecular weight excluding hydrogens is 354 g/mol. The van der Waals surface area contributed by atoms with Gasteiger partial charge in [-0.3, -0.25) is 4.68 Å². The fourth-order valence-corrected chi connectivity index (χ4v) is 2.92. The Labute approximate surface area is 161 Å². The van der Waals surface area contributed by atoms with Crippen LogP contribution in [-0.2, 0) is 6.54 Å². The maximum absolute atomic E-state index is 9.05. The highest BCUT2D eigenvalue weighted by Crippen LogP contribution is 2.28. The maximum Gasteiger partial charge on any atom is 0.164 e. The first-order valence-corrected chi connectivity index (χ1v) is 9.00. The largest absolute Gasteiger partial charge is 0.382 e. The van der Waals surface area contributed by atoms with E-state index in [0.717, 1.165) is 28.9 Å². The Bertz CT molecular complexity index is 1180. The Morgan fingerprint density at radius 2 is 2.04 bits per heavy atom. The van der Waals surface area contributed by atoms with Crippen molar-refractivity contribution in [2.75, 3.05) is 5.32 Å². The Balaban J connectivity index is 1.82. The van der Waals surface area contributed by atoms with Crippen LogP contribution in [0.3, 0.4) is 0 Å². The van der Waals surface area contributed by atoms with E-state index >= 15 is 0 Å². The molecule has 0 aromatic carbocycles. The lowest BCUT2D eigenvalue weighted by Gasteiger charge is -2.14. The van der Waals surface area contributed by atoms with Crippen LogP contribution in [0.1, 0.15) is 26.3 Å². The van der Waals surface area contributed by atoms with E-state index in [4.69, 9.17) is 5.26 Å². The highest BCUT2D eigenvalue weighted by molar-refractivity contribution is 5.79. The van der Waals surface area contributed by atoms with E-state index in [2.05, 4.69) is 50.6 Å². The molecule has 1 N–H and O–H groups in total. The fraction of sp³-hybridized carbons (Fsp3) is 0.263. The first kappa shape index (κ1) is 17.6. The molecule has 4 rings (SSSR count). The molecule has 4 aromatic rings. The summed E-state index contributed by atoms with van der Waals surface area (Å²) >= 11 is 0. The van der Waals surface area contributed by atoms with Gasteiger partial charge in [0.1, 0.15) is 11.8 Å². The first-order valence-electron chi connectivity index (χ1n) is 9.00. The van der Waals surface area contributed by atoms with Gasteiger partial charge in [-0.25, -0.2) is 9.97 Å². The molecule has 0 aliphatic heterocycles. The monoisotopic (exact) mass is 373 g/mol. The van der Waals surface area contributed by atoms with Crippen molar-refractivity contribution in [3.05, 3.63) is 42.5 Å². The van der Waals surface area contributed by atoms with Crippen LogP contribution in [0.4, 0.5) is 5.69 Å². The minimum Gasteiger partial charge on any atom is -0.382 e. The number of fused-ring (bicyclic) bond motifs is 1. The summed E-state index contributed by atoms with van der Waals surface area (Å²) in [4.78, 5) is 8.94. The maximum atomic E-state index is 9.05. The summed E-state index contributed by atoms with van der Waals surface area (Å²) in [6.07, 6.45) is 6.88. The second kappa shape index (κ2) is 7.08. The summed E-state index contributed by atoms with van der Waals surface area (Å²) in [7, 11) is 0. The van der Waals surface area contributed by atoms with Crippen molar-refractivity contribution in [3.8, 4) is 23.1 Å². The van der Waals surface area contributed by atoms with Crippen LogP contribution in [-0.4, -0.2) is 40.8 Å². The Morgan fingerprint density at radius 1 is 1.18 bits per heavy atom. The van der Waals surface area contributed by atoms with Crippen molar-refractivity contribution in [1.82, 2.24) is 34.7 Å². The summed E-state index contributed by atoms with van der Waals surface area (Å²) in [6.45, 7) is 6.91. The lowest BCUT2D eigenvalue weighted by molar-refractivity contribution is 0.627. The number of aryl methyl sites for hydroxylation is 1.